The van der Waals surface area contributed by atoms with Crippen molar-refractivity contribution in [2.75, 3.05) is 21.3 Å². The van der Waals surface area contributed by atoms with Crippen LogP contribution in [-0.4, -0.2) is 42.4 Å². The molecule has 0 unspecified atom stereocenters. The molecule has 1 heterocycles. The number of aromatic amines is 1. The van der Waals surface area contributed by atoms with Crippen LogP contribution >= 0.6 is 23.8 Å². The van der Waals surface area contributed by atoms with Crippen LogP contribution in [-0.2, 0) is 0 Å². The van der Waals surface area contributed by atoms with E-state index in [4.69, 9.17) is 38.0 Å². The van der Waals surface area contributed by atoms with Crippen LogP contribution in [0.15, 0.2) is 41.5 Å². The Labute approximate surface area is 166 Å². The van der Waals surface area contributed by atoms with E-state index >= 15 is 0 Å². The predicted octanol–water partition coefficient (Wildman–Crippen LogP) is 4.17. The molecule has 0 saturated carbocycles. The van der Waals surface area contributed by atoms with Crippen molar-refractivity contribution in [3.8, 4) is 28.6 Å². The Bertz CT molecular complexity index is 1050. The van der Waals surface area contributed by atoms with E-state index in [0.29, 0.717) is 38.4 Å². The van der Waals surface area contributed by atoms with Gasteiger partial charge in [0.25, 0.3) is 0 Å². The summed E-state index contributed by atoms with van der Waals surface area (Å²) in [6.07, 6.45) is 1.61. The third-order valence-corrected chi connectivity index (χ3v) is 4.28. The molecule has 0 amide bonds. The first kappa shape index (κ1) is 18.9. The summed E-state index contributed by atoms with van der Waals surface area (Å²) in [6, 6.07) is 10.8. The summed E-state index contributed by atoms with van der Waals surface area (Å²) in [4.78, 5) is 0. The number of methoxy groups -OCH3 is 3. The Hall–Kier alpha value is -2.84. The molecule has 1 aromatic heterocycles. The fraction of sp³-hybridized carbons (Fsp3) is 0.167. The molecule has 0 aliphatic carbocycles. The summed E-state index contributed by atoms with van der Waals surface area (Å²) in [5, 5.41) is 12.0. The zero-order chi connectivity index (χ0) is 19.4. The molecule has 3 aromatic rings. The highest BCUT2D eigenvalue weighted by Gasteiger charge is 2.12. The Morgan fingerprint density at radius 1 is 1.07 bits per heavy atom. The largest absolute Gasteiger partial charge is 0.496 e. The van der Waals surface area contributed by atoms with Crippen molar-refractivity contribution in [2.24, 2.45) is 5.10 Å². The number of rotatable bonds is 6. The van der Waals surface area contributed by atoms with Crippen molar-refractivity contribution in [3.05, 3.63) is 51.8 Å². The predicted molar refractivity (Wildman–Crippen MR) is 107 cm³/mol. The van der Waals surface area contributed by atoms with Crippen molar-refractivity contribution < 1.29 is 14.2 Å². The SMILES string of the molecule is COc1cc(OC)c(OC)cc1/C=N/n1c(-c2cccc(Cl)c2)n[nH]c1=S. The average molecular weight is 405 g/mol. The van der Waals surface area contributed by atoms with Gasteiger partial charge in [-0.15, -0.1) is 0 Å². The van der Waals surface area contributed by atoms with Crippen molar-refractivity contribution in [2.45, 2.75) is 0 Å². The summed E-state index contributed by atoms with van der Waals surface area (Å²) in [6.45, 7) is 0. The monoisotopic (exact) mass is 404 g/mol. The molecule has 3 rings (SSSR count). The summed E-state index contributed by atoms with van der Waals surface area (Å²) < 4.78 is 17.9. The van der Waals surface area contributed by atoms with E-state index in [2.05, 4.69) is 15.3 Å². The zero-order valence-electron chi connectivity index (χ0n) is 14.9. The number of ether oxygens (including phenoxy) is 3. The molecule has 27 heavy (non-hydrogen) atoms. The molecule has 0 spiro atoms. The van der Waals surface area contributed by atoms with E-state index in [1.165, 1.54) is 4.68 Å². The summed E-state index contributed by atoms with van der Waals surface area (Å²) in [7, 11) is 4.70. The Morgan fingerprint density at radius 3 is 2.44 bits per heavy atom. The Morgan fingerprint density at radius 2 is 1.78 bits per heavy atom. The third-order valence-electron chi connectivity index (χ3n) is 3.78. The van der Waals surface area contributed by atoms with Crippen LogP contribution in [0.3, 0.4) is 0 Å². The highest BCUT2D eigenvalue weighted by molar-refractivity contribution is 7.71. The van der Waals surface area contributed by atoms with E-state index < -0.39 is 0 Å². The van der Waals surface area contributed by atoms with E-state index in [9.17, 15) is 0 Å². The van der Waals surface area contributed by atoms with Crippen LogP contribution in [0.4, 0.5) is 0 Å². The molecule has 0 aliphatic rings. The lowest BCUT2D eigenvalue weighted by Crippen LogP contribution is -1.99. The Balaban J connectivity index is 2.05. The molecule has 1 N–H and O–H groups in total. The maximum Gasteiger partial charge on any atom is 0.216 e. The fourth-order valence-electron chi connectivity index (χ4n) is 2.49. The number of nitrogens with one attached hydrogen (secondary N) is 1. The molecule has 2 aromatic carbocycles. The van der Waals surface area contributed by atoms with Gasteiger partial charge in [0, 0.05) is 22.2 Å². The number of benzene rings is 2. The van der Waals surface area contributed by atoms with Crippen molar-refractivity contribution in [1.82, 2.24) is 14.9 Å². The lowest BCUT2D eigenvalue weighted by Gasteiger charge is -2.11. The van der Waals surface area contributed by atoms with Gasteiger partial charge in [0.15, 0.2) is 17.3 Å². The molecule has 0 aliphatic heterocycles. The second-order valence-electron chi connectivity index (χ2n) is 5.37. The van der Waals surface area contributed by atoms with Gasteiger partial charge < -0.3 is 14.2 Å². The maximum absolute atomic E-state index is 6.07. The van der Waals surface area contributed by atoms with Crippen LogP contribution < -0.4 is 14.2 Å². The van der Waals surface area contributed by atoms with Gasteiger partial charge >= 0.3 is 0 Å². The molecule has 0 atom stereocenters. The fourth-order valence-corrected chi connectivity index (χ4v) is 2.86. The van der Waals surface area contributed by atoms with Crippen LogP contribution in [0, 0.1) is 4.77 Å². The molecule has 9 heteroatoms. The lowest BCUT2D eigenvalue weighted by atomic mass is 10.2. The molecular weight excluding hydrogens is 388 g/mol. The van der Waals surface area contributed by atoms with Crippen LogP contribution in [0.1, 0.15) is 5.56 Å². The molecular formula is C18H17ClN4O3S. The number of H-pyrrole nitrogens is 1. The second kappa shape index (κ2) is 8.24. The first-order chi connectivity index (χ1) is 13.1. The number of nitrogens with zero attached hydrogens (tertiary/aromatic N) is 3. The smallest absolute Gasteiger partial charge is 0.216 e. The lowest BCUT2D eigenvalue weighted by molar-refractivity contribution is 0.349. The molecule has 0 saturated heterocycles. The minimum Gasteiger partial charge on any atom is -0.496 e. The van der Waals surface area contributed by atoms with Gasteiger partial charge in [-0.25, -0.2) is 5.10 Å². The first-order valence-electron chi connectivity index (χ1n) is 7.85. The molecule has 7 nitrogen and oxygen atoms in total. The normalized spacial score (nSPS) is 11.0. The van der Waals surface area contributed by atoms with Gasteiger partial charge in [-0.05, 0) is 30.4 Å². The zero-order valence-corrected chi connectivity index (χ0v) is 16.5. The molecule has 0 fully saturated rings. The van der Waals surface area contributed by atoms with Crippen molar-refractivity contribution in [3.63, 3.8) is 0 Å². The van der Waals surface area contributed by atoms with Crippen LogP contribution in [0.5, 0.6) is 17.2 Å². The third kappa shape index (κ3) is 3.96. The van der Waals surface area contributed by atoms with Crippen LogP contribution in [0.25, 0.3) is 11.4 Å². The summed E-state index contributed by atoms with van der Waals surface area (Å²) in [5.41, 5.74) is 1.47. The number of halogens is 1. The number of aromatic nitrogens is 3. The van der Waals surface area contributed by atoms with E-state index in [1.54, 1.807) is 51.8 Å². The van der Waals surface area contributed by atoms with Gasteiger partial charge in [-0.3, -0.25) is 0 Å². The molecule has 0 bridgehead atoms. The minimum absolute atomic E-state index is 0.348. The van der Waals surface area contributed by atoms with Crippen molar-refractivity contribution >= 4 is 30.0 Å². The van der Waals surface area contributed by atoms with Crippen molar-refractivity contribution in [1.29, 1.82) is 0 Å². The summed E-state index contributed by atoms with van der Waals surface area (Å²) in [5.74, 6) is 2.24. The van der Waals surface area contributed by atoms with E-state index in [0.717, 1.165) is 5.56 Å². The van der Waals surface area contributed by atoms with Crippen LogP contribution in [0.2, 0.25) is 5.02 Å². The molecule has 0 radical (unpaired) electrons. The van der Waals surface area contributed by atoms with Gasteiger partial charge in [-0.2, -0.15) is 14.9 Å². The molecule has 140 valence electrons. The highest BCUT2D eigenvalue weighted by atomic mass is 35.5. The highest BCUT2D eigenvalue weighted by Crippen LogP contribution is 2.33. The topological polar surface area (TPSA) is 73.7 Å². The average Bonchev–Trinajstić information content (AvgIpc) is 3.06. The van der Waals surface area contributed by atoms with E-state index in [1.807, 2.05) is 12.1 Å². The van der Waals surface area contributed by atoms with Gasteiger partial charge in [0.05, 0.1) is 27.5 Å². The maximum atomic E-state index is 6.07. The standard InChI is InChI=1S/C18H17ClN4O3S/c1-24-14-9-16(26-3)15(25-2)8-12(14)10-20-23-17(21-22-18(23)27)11-5-4-6-13(19)7-11/h4-10H,1-3H3,(H,22,27)/b20-10+. The number of hydrogen-bond donors (Lipinski definition) is 1. The van der Waals surface area contributed by atoms with Gasteiger partial charge in [-0.1, -0.05) is 23.7 Å². The Kier molecular flexibility index (Phi) is 5.78. The van der Waals surface area contributed by atoms with E-state index in [-0.39, 0.29) is 0 Å². The second-order valence-corrected chi connectivity index (χ2v) is 6.19. The summed E-state index contributed by atoms with van der Waals surface area (Å²) >= 11 is 11.4. The van der Waals surface area contributed by atoms with Gasteiger partial charge in [0.1, 0.15) is 5.75 Å². The first-order valence-corrected chi connectivity index (χ1v) is 8.63. The quantitative estimate of drug-likeness (QED) is 0.493. The van der Waals surface area contributed by atoms with Gasteiger partial charge in [0.2, 0.25) is 4.77 Å². The minimum atomic E-state index is 0.348. The number of hydrogen-bond acceptors (Lipinski definition) is 6.